The Morgan fingerprint density at radius 3 is 1.79 bits per heavy atom. The van der Waals surface area contributed by atoms with Crippen LogP contribution in [0, 0.1) is 6.92 Å². The first-order valence-corrected chi connectivity index (χ1v) is 29.2. The average Bonchev–Trinajstić information content (AvgIpc) is 4.15. The molecule has 5 aromatic heterocycles. The zero-order chi connectivity index (χ0) is 53.2. The Balaban J connectivity index is 0.000000202. The minimum absolute atomic E-state index is 0. The van der Waals surface area contributed by atoms with E-state index in [1.165, 1.54) is 46.0 Å². The Hall–Kier alpha value is -7.17. The summed E-state index contributed by atoms with van der Waals surface area (Å²) in [6.45, 7) is 8.82. The summed E-state index contributed by atoms with van der Waals surface area (Å²) in [7, 11) is -3.67. The summed E-state index contributed by atoms with van der Waals surface area (Å²) in [6, 6.07) is 16.2. The van der Waals surface area contributed by atoms with Gasteiger partial charge in [-0.15, -0.1) is 11.3 Å². The molecule has 0 radical (unpaired) electrons. The van der Waals surface area contributed by atoms with E-state index in [-0.39, 0.29) is 29.4 Å². The molecular weight excluding hydrogens is 1030 g/mol. The zero-order valence-corrected chi connectivity index (χ0v) is 45.6. The number of benzene rings is 3. The van der Waals surface area contributed by atoms with Gasteiger partial charge in [0.05, 0.1) is 81.8 Å². The van der Waals surface area contributed by atoms with Crippen molar-refractivity contribution in [3.63, 3.8) is 0 Å². The fourth-order valence-electron chi connectivity index (χ4n) is 9.40. The van der Waals surface area contributed by atoms with E-state index in [2.05, 4.69) is 30.8 Å². The summed E-state index contributed by atoms with van der Waals surface area (Å²) in [6.07, 6.45) is 20.8. The number of piperidine rings is 1. The smallest absolute Gasteiger partial charge is 0.410 e. The number of hydrogen-bond acceptors (Lipinski definition) is 17. The third kappa shape index (κ3) is 12.6. The summed E-state index contributed by atoms with van der Waals surface area (Å²) in [5.41, 5.74) is 5.80. The minimum atomic E-state index is -3.38. The Morgan fingerprint density at radius 1 is 0.684 bits per heavy atom. The number of likely N-dealkylation sites (tertiary alicyclic amines) is 1. The first-order valence-electron chi connectivity index (χ1n) is 24.6. The molecule has 1 saturated heterocycles. The van der Waals surface area contributed by atoms with Gasteiger partial charge in [0.25, 0.3) is 0 Å². The molecule has 10 rings (SSSR count). The van der Waals surface area contributed by atoms with Crippen molar-refractivity contribution in [2.24, 2.45) is 0 Å². The second-order valence-electron chi connectivity index (χ2n) is 19.8. The molecule has 0 bridgehead atoms. The highest BCUT2D eigenvalue weighted by Crippen LogP contribution is 2.43. The molecule has 0 unspecified atom stereocenters. The van der Waals surface area contributed by atoms with E-state index < -0.39 is 25.3 Å². The van der Waals surface area contributed by atoms with Gasteiger partial charge in [-0.2, -0.15) is 10.2 Å². The van der Waals surface area contributed by atoms with Crippen LogP contribution >= 0.6 is 11.3 Å². The molecule has 402 valence electrons. The molecule has 1 aliphatic carbocycles. The van der Waals surface area contributed by atoms with Crippen molar-refractivity contribution >= 4 is 81.5 Å². The van der Waals surface area contributed by atoms with E-state index in [0.29, 0.717) is 42.5 Å². The number of fused-ring (bicyclic) bond motifs is 2. The van der Waals surface area contributed by atoms with Crippen LogP contribution < -0.4 is 20.1 Å². The van der Waals surface area contributed by atoms with Crippen molar-refractivity contribution in [1.29, 1.82) is 0 Å². The molecule has 6 heterocycles. The Bertz CT molecular complexity index is 3610. The Labute approximate surface area is 447 Å². The third-order valence-corrected chi connectivity index (χ3v) is 16.4. The first kappa shape index (κ1) is 55.1. The van der Waals surface area contributed by atoms with Crippen molar-refractivity contribution in [3.8, 4) is 33.8 Å². The highest BCUT2D eigenvalue weighted by Gasteiger charge is 2.28. The number of rotatable bonds is 12. The van der Waals surface area contributed by atoms with Crippen LogP contribution in [0.3, 0.4) is 0 Å². The van der Waals surface area contributed by atoms with Crippen LogP contribution in [-0.2, 0) is 24.4 Å². The number of nitrogens with zero attached hydrogens (tertiary/aromatic N) is 9. The van der Waals surface area contributed by atoms with Crippen LogP contribution in [0.25, 0.3) is 43.4 Å². The fourth-order valence-corrected chi connectivity index (χ4v) is 11.7. The van der Waals surface area contributed by atoms with Gasteiger partial charge in [-0.05, 0) is 89.8 Å². The van der Waals surface area contributed by atoms with Crippen molar-refractivity contribution < 1.29 is 35.8 Å². The molecule has 19 nitrogen and oxygen atoms in total. The van der Waals surface area contributed by atoms with Gasteiger partial charge in [0.1, 0.15) is 17.1 Å². The Kier molecular flexibility index (Phi) is 16.4. The molecule has 1 saturated carbocycles. The minimum Gasteiger partial charge on any atom is -0.496 e. The van der Waals surface area contributed by atoms with Gasteiger partial charge >= 0.3 is 6.09 Å². The number of nitrogens with one attached hydrogen (secondary N) is 2. The summed E-state index contributed by atoms with van der Waals surface area (Å²) in [4.78, 5) is 34.1. The van der Waals surface area contributed by atoms with Gasteiger partial charge in [0, 0.05) is 76.7 Å². The van der Waals surface area contributed by atoms with E-state index in [4.69, 9.17) is 24.2 Å². The number of amides is 1. The lowest BCUT2D eigenvalue weighted by Crippen LogP contribution is -2.42. The van der Waals surface area contributed by atoms with E-state index in [1.807, 2.05) is 67.7 Å². The van der Waals surface area contributed by atoms with Crippen LogP contribution in [0.4, 0.5) is 28.1 Å². The van der Waals surface area contributed by atoms with Gasteiger partial charge < -0.3 is 29.7 Å². The van der Waals surface area contributed by atoms with Gasteiger partial charge in [0.2, 0.25) is 11.9 Å². The summed E-state index contributed by atoms with van der Waals surface area (Å²) in [5, 5.41) is 16.5. The molecule has 2 aliphatic rings. The van der Waals surface area contributed by atoms with Crippen LogP contribution in [0.1, 0.15) is 90.1 Å². The number of sulfone groups is 2. The van der Waals surface area contributed by atoms with Gasteiger partial charge in [-0.25, -0.2) is 41.6 Å². The van der Waals surface area contributed by atoms with E-state index in [0.717, 1.165) is 85.3 Å². The number of para-hydroxylation sites is 1. The van der Waals surface area contributed by atoms with Gasteiger partial charge in [-0.1, -0.05) is 44.9 Å². The number of aryl methyl sites for hydroxylation is 1. The number of hydrogen-bond donors (Lipinski definition) is 2. The molecule has 22 heteroatoms. The maximum atomic E-state index is 12.4. The van der Waals surface area contributed by atoms with Crippen LogP contribution in [0.5, 0.6) is 11.5 Å². The van der Waals surface area contributed by atoms with Crippen molar-refractivity contribution in [2.45, 2.75) is 108 Å². The second kappa shape index (κ2) is 22.6. The number of thiophene rings is 1. The summed E-state index contributed by atoms with van der Waals surface area (Å²) in [5.74, 6) is 1.82. The second-order valence-corrected chi connectivity index (χ2v) is 25.1. The standard InChI is InChI=1S/C28H34N6O5S2.C25H27N5O3S.CH4/c1-17-24(21-8-7-20(41(6,36)37)13-22(21)38-5)25-23(40-17)15-29-26(32-25)31-18-14-30-34(16-18)19-9-11-33(12-10-19)27(35)39-28(2,3)4;1-33-23-13-20(34(2,31)32)11-12-21(23)22-10-6-7-17-14-26-25(29-24(17)22)28-18-15-27-30(16-18)19-8-4-3-5-9-19;/h7-8,13-16,19H,9-12H2,1-6H3,(H,29,31,32);6-7,10-16,19H,3-5,8-9H2,1-2H3,(H,26,28,29);1H4. The highest BCUT2D eigenvalue weighted by atomic mass is 32.2. The molecule has 1 amide bonds. The number of aromatic nitrogens is 8. The predicted octanol–water partition coefficient (Wildman–Crippen LogP) is 11.4. The fraction of sp³-hybridized carbons (Fsp3) is 0.389. The number of ether oxygens (including phenoxy) is 3. The SMILES string of the molecule is C.COc1cc(S(C)(=O)=O)ccc1-c1c(C)sc2cnc(Nc3cnn(C4CCN(C(=O)OC(C)(C)C)CC4)c3)nc12.COc1cc(S(C)(=O)=O)ccc1-c1cccc2cnc(Nc3cnn(C4CCCCC4)c3)nc12. The number of methoxy groups -OCH3 is 2. The molecule has 1 aliphatic heterocycles. The third-order valence-electron chi connectivity index (χ3n) is 13.1. The average molecular weight is 1090 g/mol. The van der Waals surface area contributed by atoms with Crippen LogP contribution in [0.2, 0.25) is 0 Å². The number of anilines is 4. The molecule has 0 atom stereocenters. The van der Waals surface area contributed by atoms with Crippen molar-refractivity contribution in [1.82, 2.24) is 44.4 Å². The Morgan fingerprint density at radius 2 is 1.22 bits per heavy atom. The maximum Gasteiger partial charge on any atom is 0.410 e. The molecule has 3 aromatic carbocycles. The van der Waals surface area contributed by atoms with Crippen LogP contribution in [0.15, 0.2) is 102 Å². The molecular formula is C54H65N11O8S3. The van der Waals surface area contributed by atoms with Crippen molar-refractivity contribution in [2.75, 3.05) is 50.5 Å². The normalized spacial score (nSPS) is 14.7. The van der Waals surface area contributed by atoms with Gasteiger partial charge in [-0.3, -0.25) is 9.36 Å². The highest BCUT2D eigenvalue weighted by molar-refractivity contribution is 7.91. The largest absolute Gasteiger partial charge is 0.496 e. The molecule has 2 fully saturated rings. The summed E-state index contributed by atoms with van der Waals surface area (Å²) >= 11 is 1.57. The quantitative estimate of drug-likeness (QED) is 0.116. The van der Waals surface area contributed by atoms with Crippen molar-refractivity contribution in [3.05, 3.63) is 96.7 Å². The number of carbonyl (C=O) groups is 1. The predicted molar refractivity (Wildman–Crippen MR) is 298 cm³/mol. The molecule has 8 aromatic rings. The first-order chi connectivity index (χ1) is 35.7. The van der Waals surface area contributed by atoms with E-state index in [1.54, 1.807) is 77.4 Å². The van der Waals surface area contributed by atoms with Gasteiger partial charge in [0.15, 0.2) is 19.7 Å². The molecule has 76 heavy (non-hydrogen) atoms. The lowest BCUT2D eigenvalue weighted by molar-refractivity contribution is 0.0184. The lowest BCUT2D eigenvalue weighted by atomic mass is 9.96. The van der Waals surface area contributed by atoms with Crippen LogP contribution in [-0.4, -0.2) is 113 Å². The molecule has 2 N–H and O–H groups in total. The molecule has 0 spiro atoms. The monoisotopic (exact) mass is 1090 g/mol. The van der Waals surface area contributed by atoms with E-state index in [9.17, 15) is 21.6 Å². The van der Waals surface area contributed by atoms with E-state index >= 15 is 0 Å². The zero-order valence-electron chi connectivity index (χ0n) is 43.2. The summed E-state index contributed by atoms with van der Waals surface area (Å²) < 4.78 is 69.6. The maximum absolute atomic E-state index is 12.4. The lowest BCUT2D eigenvalue weighted by Gasteiger charge is -2.33. The topological polar surface area (TPSA) is 228 Å². The number of carbonyl (C=O) groups excluding carboxylic acids is 1.